The first-order valence-electron chi connectivity index (χ1n) is 7.15. The van der Waals surface area contributed by atoms with Crippen molar-refractivity contribution in [2.24, 2.45) is 5.92 Å². The number of nitrogens with one attached hydrogen (secondary N) is 1. The molecule has 4 nitrogen and oxygen atoms in total. The zero-order valence-electron chi connectivity index (χ0n) is 12.1. The summed E-state index contributed by atoms with van der Waals surface area (Å²) in [6.07, 6.45) is 0.179. The van der Waals surface area contributed by atoms with E-state index in [4.69, 9.17) is 23.2 Å². The second kappa shape index (κ2) is 6.60. The molecule has 0 bridgehead atoms. The van der Waals surface area contributed by atoms with Gasteiger partial charge in [0.05, 0.1) is 5.92 Å². The zero-order valence-corrected chi connectivity index (χ0v) is 13.6. The van der Waals surface area contributed by atoms with Gasteiger partial charge in [0.2, 0.25) is 11.8 Å². The number of hydrogen-bond donors (Lipinski definition) is 1. The van der Waals surface area contributed by atoms with Crippen molar-refractivity contribution in [3.05, 3.63) is 58.6 Å². The number of hydrogen-bond acceptors (Lipinski definition) is 2. The van der Waals surface area contributed by atoms with E-state index in [0.29, 0.717) is 28.0 Å². The Morgan fingerprint density at radius 1 is 1.09 bits per heavy atom. The Morgan fingerprint density at radius 3 is 2.48 bits per heavy atom. The van der Waals surface area contributed by atoms with Gasteiger partial charge in [0.1, 0.15) is 0 Å². The largest absolute Gasteiger partial charge is 0.326 e. The van der Waals surface area contributed by atoms with Crippen molar-refractivity contribution in [2.75, 3.05) is 16.8 Å². The third kappa shape index (κ3) is 3.66. The van der Waals surface area contributed by atoms with Gasteiger partial charge in [-0.1, -0.05) is 35.3 Å². The van der Waals surface area contributed by atoms with Crippen molar-refractivity contribution in [2.45, 2.75) is 6.42 Å². The molecule has 0 spiro atoms. The van der Waals surface area contributed by atoms with Gasteiger partial charge >= 0.3 is 0 Å². The van der Waals surface area contributed by atoms with Gasteiger partial charge in [-0.25, -0.2) is 0 Å². The highest BCUT2D eigenvalue weighted by molar-refractivity contribution is 6.31. The summed E-state index contributed by atoms with van der Waals surface area (Å²) in [5.74, 6) is -0.677. The highest BCUT2D eigenvalue weighted by Crippen LogP contribution is 2.28. The number of carbonyl (C=O) groups is 2. The minimum Gasteiger partial charge on any atom is -0.326 e. The summed E-state index contributed by atoms with van der Waals surface area (Å²) in [6, 6.07) is 14.0. The molecule has 3 rings (SSSR count). The van der Waals surface area contributed by atoms with E-state index >= 15 is 0 Å². The molecule has 1 N–H and O–H groups in total. The summed E-state index contributed by atoms with van der Waals surface area (Å²) in [5.41, 5.74) is 1.33. The Morgan fingerprint density at radius 2 is 1.78 bits per heavy atom. The lowest BCUT2D eigenvalue weighted by atomic mass is 10.1. The monoisotopic (exact) mass is 348 g/mol. The number of halogens is 2. The molecule has 118 valence electrons. The molecule has 2 amide bonds. The molecule has 1 saturated heterocycles. The molecule has 0 saturated carbocycles. The van der Waals surface area contributed by atoms with Gasteiger partial charge in [-0.15, -0.1) is 0 Å². The van der Waals surface area contributed by atoms with Crippen LogP contribution in [0.4, 0.5) is 11.4 Å². The molecule has 1 fully saturated rings. The van der Waals surface area contributed by atoms with Crippen molar-refractivity contribution in [1.82, 2.24) is 0 Å². The lowest BCUT2D eigenvalue weighted by Gasteiger charge is -2.17. The molecule has 0 aromatic heterocycles. The van der Waals surface area contributed by atoms with E-state index in [0.717, 1.165) is 0 Å². The van der Waals surface area contributed by atoms with Crippen LogP contribution >= 0.6 is 23.2 Å². The topological polar surface area (TPSA) is 49.4 Å². The predicted molar refractivity (Wildman–Crippen MR) is 92.0 cm³/mol. The quantitative estimate of drug-likeness (QED) is 0.911. The van der Waals surface area contributed by atoms with Gasteiger partial charge in [-0.2, -0.15) is 0 Å². The normalized spacial score (nSPS) is 17.4. The molecule has 23 heavy (non-hydrogen) atoms. The summed E-state index contributed by atoms with van der Waals surface area (Å²) >= 11 is 11.9. The number of benzene rings is 2. The minimum atomic E-state index is -0.402. The SMILES string of the molecule is O=C(Nc1cccc(Cl)c1)[C@H]1CC(=O)N(c2cccc(Cl)c2)C1. The van der Waals surface area contributed by atoms with Gasteiger partial charge in [-0.3, -0.25) is 9.59 Å². The Balaban J connectivity index is 1.70. The van der Waals surface area contributed by atoms with E-state index in [2.05, 4.69) is 5.32 Å². The van der Waals surface area contributed by atoms with Crippen molar-refractivity contribution < 1.29 is 9.59 Å². The fraction of sp³-hybridized carbons (Fsp3) is 0.176. The molecule has 6 heteroatoms. The molecule has 0 aliphatic carbocycles. The average Bonchev–Trinajstić information content (AvgIpc) is 2.89. The van der Waals surface area contributed by atoms with Gasteiger partial charge in [0, 0.05) is 34.4 Å². The molecule has 0 radical (unpaired) electrons. The van der Waals surface area contributed by atoms with Gasteiger partial charge in [0.25, 0.3) is 0 Å². The number of rotatable bonds is 3. The summed E-state index contributed by atoms with van der Waals surface area (Å²) in [4.78, 5) is 26.1. The summed E-state index contributed by atoms with van der Waals surface area (Å²) in [6.45, 7) is 0.339. The fourth-order valence-corrected chi connectivity index (χ4v) is 2.96. The third-order valence-electron chi connectivity index (χ3n) is 3.71. The lowest BCUT2D eigenvalue weighted by molar-refractivity contribution is -0.122. The van der Waals surface area contributed by atoms with Crippen LogP contribution in [0.25, 0.3) is 0 Å². The van der Waals surface area contributed by atoms with Gasteiger partial charge in [0.15, 0.2) is 0 Å². The first kappa shape index (κ1) is 15.8. The van der Waals surface area contributed by atoms with Crippen molar-refractivity contribution >= 4 is 46.4 Å². The Kier molecular flexibility index (Phi) is 4.55. The molecule has 1 aliphatic heterocycles. The molecule has 1 aliphatic rings. The predicted octanol–water partition coefficient (Wildman–Crippen LogP) is 3.99. The van der Waals surface area contributed by atoms with Crippen LogP contribution in [0.5, 0.6) is 0 Å². The maximum atomic E-state index is 12.4. The van der Waals surface area contributed by atoms with Crippen molar-refractivity contribution in [1.29, 1.82) is 0 Å². The lowest BCUT2D eigenvalue weighted by Crippen LogP contribution is -2.28. The van der Waals surface area contributed by atoms with E-state index < -0.39 is 5.92 Å². The van der Waals surface area contributed by atoms with Crippen molar-refractivity contribution in [3.8, 4) is 0 Å². The molecular formula is C17H14Cl2N2O2. The summed E-state index contributed by atoms with van der Waals surface area (Å²) < 4.78 is 0. The van der Waals surface area contributed by atoms with Gasteiger partial charge in [-0.05, 0) is 36.4 Å². The van der Waals surface area contributed by atoms with Crippen LogP contribution in [0.3, 0.4) is 0 Å². The fourth-order valence-electron chi connectivity index (χ4n) is 2.59. The molecular weight excluding hydrogens is 335 g/mol. The first-order valence-corrected chi connectivity index (χ1v) is 7.91. The minimum absolute atomic E-state index is 0.0847. The molecule has 2 aromatic carbocycles. The Bertz CT molecular complexity index is 764. The summed E-state index contributed by atoms with van der Waals surface area (Å²) in [5, 5.41) is 3.90. The first-order chi connectivity index (χ1) is 11.0. The zero-order chi connectivity index (χ0) is 16.4. The maximum absolute atomic E-state index is 12.4. The molecule has 2 aromatic rings. The third-order valence-corrected chi connectivity index (χ3v) is 4.18. The van der Waals surface area contributed by atoms with Crippen LogP contribution in [-0.4, -0.2) is 18.4 Å². The van der Waals surface area contributed by atoms with Crippen LogP contribution in [0.1, 0.15) is 6.42 Å². The standard InChI is InChI=1S/C17H14Cl2N2O2/c18-12-3-1-5-14(8-12)20-17(23)11-7-16(22)21(10-11)15-6-2-4-13(19)9-15/h1-6,8-9,11H,7,10H2,(H,20,23)/t11-/m0/s1. The summed E-state index contributed by atoms with van der Waals surface area (Å²) in [7, 11) is 0. The van der Waals surface area contributed by atoms with Crippen LogP contribution in [0, 0.1) is 5.92 Å². The highest BCUT2D eigenvalue weighted by Gasteiger charge is 2.35. The van der Waals surface area contributed by atoms with Crippen LogP contribution in [0.2, 0.25) is 10.0 Å². The van der Waals surface area contributed by atoms with Crippen LogP contribution in [0.15, 0.2) is 48.5 Å². The van der Waals surface area contributed by atoms with Crippen molar-refractivity contribution in [3.63, 3.8) is 0 Å². The van der Waals surface area contributed by atoms with Gasteiger partial charge < -0.3 is 10.2 Å². The number of nitrogens with zero attached hydrogens (tertiary/aromatic N) is 1. The molecule has 1 atom stereocenters. The van der Waals surface area contributed by atoms with Crippen LogP contribution < -0.4 is 10.2 Å². The highest BCUT2D eigenvalue weighted by atomic mass is 35.5. The van der Waals surface area contributed by atoms with E-state index in [1.807, 2.05) is 0 Å². The number of carbonyl (C=O) groups excluding carboxylic acids is 2. The maximum Gasteiger partial charge on any atom is 0.229 e. The van der Waals surface area contributed by atoms with Crippen LogP contribution in [-0.2, 0) is 9.59 Å². The second-order valence-electron chi connectivity index (χ2n) is 5.38. The number of amides is 2. The van der Waals surface area contributed by atoms with E-state index in [9.17, 15) is 9.59 Å². The smallest absolute Gasteiger partial charge is 0.229 e. The molecule has 0 unspecified atom stereocenters. The molecule has 1 heterocycles. The second-order valence-corrected chi connectivity index (χ2v) is 6.26. The van der Waals surface area contributed by atoms with E-state index in [1.165, 1.54) is 0 Å². The van der Waals surface area contributed by atoms with E-state index in [-0.39, 0.29) is 18.2 Å². The average molecular weight is 349 g/mol. The number of anilines is 2. The Labute approximate surface area is 144 Å². The Hall–Kier alpha value is -2.04. The van der Waals surface area contributed by atoms with E-state index in [1.54, 1.807) is 53.4 Å².